The molecule has 3 aromatic heterocycles. The molecule has 0 aliphatic rings. The molecular formula is C27H28N6O2. The molecule has 3 heterocycles. The molecule has 2 aromatic carbocycles. The lowest BCUT2D eigenvalue weighted by Crippen LogP contribution is -2.30. The summed E-state index contributed by atoms with van der Waals surface area (Å²) in [5.41, 5.74) is 4.00. The van der Waals surface area contributed by atoms with Crippen LogP contribution in [-0.4, -0.2) is 36.6 Å². The number of aryl methyl sites for hydroxylation is 1. The van der Waals surface area contributed by atoms with Crippen LogP contribution in [0.2, 0.25) is 0 Å². The van der Waals surface area contributed by atoms with Crippen LogP contribution in [0.15, 0.2) is 82.2 Å². The SMILES string of the molecule is CCc1ccc2[nH]c(=O)c(CN(CCc3ccccc3)Cc3nnnn3Cc3ccco3)cc2c1. The van der Waals surface area contributed by atoms with Crippen molar-refractivity contribution >= 4 is 10.9 Å². The smallest absolute Gasteiger partial charge is 0.252 e. The van der Waals surface area contributed by atoms with Crippen LogP contribution >= 0.6 is 0 Å². The number of aromatic amines is 1. The summed E-state index contributed by atoms with van der Waals surface area (Å²) in [4.78, 5) is 18.2. The molecule has 5 rings (SSSR count). The van der Waals surface area contributed by atoms with E-state index in [0.29, 0.717) is 19.6 Å². The van der Waals surface area contributed by atoms with Gasteiger partial charge in [-0.2, -0.15) is 0 Å². The van der Waals surface area contributed by atoms with Crippen molar-refractivity contribution in [2.24, 2.45) is 0 Å². The molecule has 0 fully saturated rings. The quantitative estimate of drug-likeness (QED) is 0.333. The molecule has 0 aliphatic carbocycles. The second-order valence-electron chi connectivity index (χ2n) is 8.68. The van der Waals surface area contributed by atoms with E-state index < -0.39 is 0 Å². The van der Waals surface area contributed by atoms with E-state index in [2.05, 4.69) is 56.6 Å². The van der Waals surface area contributed by atoms with E-state index in [0.717, 1.165) is 47.4 Å². The highest BCUT2D eigenvalue weighted by Crippen LogP contribution is 2.16. The standard InChI is InChI=1S/C27H28N6O2/c1-2-20-10-11-25-22(15-20)16-23(27(34)28-25)17-32(13-12-21-7-4-3-5-8-21)19-26-29-30-31-33(26)18-24-9-6-14-35-24/h3-11,14-16H,2,12-13,17-19H2,1H3,(H,28,34). The van der Waals surface area contributed by atoms with Crippen LogP contribution in [0.25, 0.3) is 10.9 Å². The molecule has 0 atom stereocenters. The van der Waals surface area contributed by atoms with Gasteiger partial charge in [0.15, 0.2) is 5.82 Å². The number of furan rings is 1. The molecule has 8 heteroatoms. The summed E-state index contributed by atoms with van der Waals surface area (Å²) < 4.78 is 7.21. The summed E-state index contributed by atoms with van der Waals surface area (Å²) in [6.45, 7) is 4.34. The van der Waals surface area contributed by atoms with Gasteiger partial charge in [-0.05, 0) is 70.1 Å². The molecule has 0 bridgehead atoms. The Bertz CT molecular complexity index is 1440. The minimum absolute atomic E-state index is 0.0679. The fourth-order valence-electron chi connectivity index (χ4n) is 4.23. The number of H-pyrrole nitrogens is 1. The van der Waals surface area contributed by atoms with Gasteiger partial charge in [0, 0.05) is 24.2 Å². The predicted octanol–water partition coefficient (Wildman–Crippen LogP) is 3.96. The van der Waals surface area contributed by atoms with Crippen LogP contribution in [0.5, 0.6) is 0 Å². The predicted molar refractivity (Wildman–Crippen MR) is 134 cm³/mol. The number of benzene rings is 2. The molecule has 0 spiro atoms. The number of nitrogens with zero attached hydrogens (tertiary/aromatic N) is 5. The van der Waals surface area contributed by atoms with Gasteiger partial charge in [-0.25, -0.2) is 4.68 Å². The largest absolute Gasteiger partial charge is 0.467 e. The maximum absolute atomic E-state index is 12.9. The lowest BCUT2D eigenvalue weighted by Gasteiger charge is -2.22. The second kappa shape index (κ2) is 10.5. The lowest BCUT2D eigenvalue weighted by molar-refractivity contribution is 0.247. The summed E-state index contributed by atoms with van der Waals surface area (Å²) >= 11 is 0. The molecule has 0 radical (unpaired) electrons. The van der Waals surface area contributed by atoms with Crippen molar-refractivity contribution in [1.82, 2.24) is 30.1 Å². The van der Waals surface area contributed by atoms with Crippen LogP contribution in [0, 0.1) is 0 Å². The highest BCUT2D eigenvalue weighted by atomic mass is 16.3. The van der Waals surface area contributed by atoms with Crippen molar-refractivity contribution in [3.63, 3.8) is 0 Å². The van der Waals surface area contributed by atoms with E-state index in [9.17, 15) is 4.79 Å². The maximum atomic E-state index is 12.9. The summed E-state index contributed by atoms with van der Waals surface area (Å²) in [6.07, 6.45) is 3.44. The first-order chi connectivity index (χ1) is 17.2. The molecule has 178 valence electrons. The first-order valence-corrected chi connectivity index (χ1v) is 11.9. The van der Waals surface area contributed by atoms with Gasteiger partial charge in [-0.15, -0.1) is 5.10 Å². The van der Waals surface area contributed by atoms with Crippen LogP contribution < -0.4 is 5.56 Å². The van der Waals surface area contributed by atoms with Crippen molar-refractivity contribution < 1.29 is 4.42 Å². The zero-order valence-corrected chi connectivity index (χ0v) is 19.7. The number of aromatic nitrogens is 5. The number of tetrazole rings is 1. The van der Waals surface area contributed by atoms with Crippen LogP contribution in [0.1, 0.15) is 35.2 Å². The Labute approximate surface area is 203 Å². The van der Waals surface area contributed by atoms with E-state index >= 15 is 0 Å². The fourth-order valence-corrected chi connectivity index (χ4v) is 4.23. The summed E-state index contributed by atoms with van der Waals surface area (Å²) in [7, 11) is 0. The van der Waals surface area contributed by atoms with Gasteiger partial charge in [0.1, 0.15) is 12.3 Å². The number of pyridine rings is 1. The molecule has 0 saturated carbocycles. The monoisotopic (exact) mass is 468 g/mol. The molecular weight excluding hydrogens is 440 g/mol. The van der Waals surface area contributed by atoms with Crippen LogP contribution in [0.4, 0.5) is 0 Å². The molecule has 8 nitrogen and oxygen atoms in total. The number of fused-ring (bicyclic) bond motifs is 1. The topological polar surface area (TPSA) is 92.8 Å². The van der Waals surface area contributed by atoms with E-state index in [1.54, 1.807) is 10.9 Å². The van der Waals surface area contributed by atoms with Crippen molar-refractivity contribution in [2.75, 3.05) is 6.54 Å². The van der Waals surface area contributed by atoms with Crippen LogP contribution in [-0.2, 0) is 32.5 Å². The third-order valence-electron chi connectivity index (χ3n) is 6.20. The van der Waals surface area contributed by atoms with E-state index in [1.807, 2.05) is 42.5 Å². The molecule has 35 heavy (non-hydrogen) atoms. The number of rotatable bonds is 10. The zero-order chi connectivity index (χ0) is 24.0. The Kier molecular flexibility index (Phi) is 6.81. The third kappa shape index (κ3) is 5.55. The normalized spacial score (nSPS) is 11.5. The van der Waals surface area contributed by atoms with Crippen molar-refractivity contribution in [3.05, 3.63) is 112 Å². The molecule has 0 saturated heterocycles. The molecule has 0 aliphatic heterocycles. The van der Waals surface area contributed by atoms with Crippen LogP contribution in [0.3, 0.4) is 0 Å². The minimum atomic E-state index is -0.0679. The Morgan fingerprint density at radius 3 is 2.69 bits per heavy atom. The van der Waals surface area contributed by atoms with Gasteiger partial charge in [0.05, 0.1) is 12.8 Å². The number of nitrogens with one attached hydrogen (secondary N) is 1. The van der Waals surface area contributed by atoms with Gasteiger partial charge >= 0.3 is 0 Å². The average molecular weight is 469 g/mol. The van der Waals surface area contributed by atoms with Gasteiger partial charge in [0.25, 0.3) is 5.56 Å². The Hall–Kier alpha value is -4.04. The highest BCUT2D eigenvalue weighted by molar-refractivity contribution is 5.79. The summed E-state index contributed by atoms with van der Waals surface area (Å²) in [5, 5.41) is 13.3. The van der Waals surface area contributed by atoms with E-state index in [-0.39, 0.29) is 5.56 Å². The highest BCUT2D eigenvalue weighted by Gasteiger charge is 2.16. The number of hydrogen-bond donors (Lipinski definition) is 1. The summed E-state index contributed by atoms with van der Waals surface area (Å²) in [6, 6.07) is 22.3. The second-order valence-corrected chi connectivity index (χ2v) is 8.68. The van der Waals surface area contributed by atoms with E-state index in [4.69, 9.17) is 4.42 Å². The van der Waals surface area contributed by atoms with Gasteiger partial charge in [-0.1, -0.05) is 43.3 Å². The molecule has 0 amide bonds. The molecule has 0 unspecified atom stereocenters. The van der Waals surface area contributed by atoms with Gasteiger partial charge in [-0.3, -0.25) is 9.69 Å². The Morgan fingerprint density at radius 1 is 1.00 bits per heavy atom. The van der Waals surface area contributed by atoms with E-state index in [1.165, 1.54) is 11.1 Å². The van der Waals surface area contributed by atoms with Gasteiger partial charge in [0.2, 0.25) is 0 Å². The van der Waals surface area contributed by atoms with Gasteiger partial charge < -0.3 is 9.40 Å². The fraction of sp³-hybridized carbons (Fsp3) is 0.259. The maximum Gasteiger partial charge on any atom is 0.252 e. The Balaban J connectivity index is 1.41. The Morgan fingerprint density at radius 2 is 1.89 bits per heavy atom. The zero-order valence-electron chi connectivity index (χ0n) is 19.7. The van der Waals surface area contributed by atoms with Crippen molar-refractivity contribution in [3.8, 4) is 0 Å². The average Bonchev–Trinajstić information content (AvgIpc) is 3.56. The molecule has 1 N–H and O–H groups in total. The summed E-state index contributed by atoms with van der Waals surface area (Å²) in [5.74, 6) is 1.51. The third-order valence-corrected chi connectivity index (χ3v) is 6.20. The minimum Gasteiger partial charge on any atom is -0.467 e. The van der Waals surface area contributed by atoms with Crippen molar-refractivity contribution in [2.45, 2.75) is 39.4 Å². The van der Waals surface area contributed by atoms with Crippen molar-refractivity contribution in [1.29, 1.82) is 0 Å². The first kappa shape index (κ1) is 22.7. The first-order valence-electron chi connectivity index (χ1n) is 11.9. The molecule has 5 aromatic rings. The number of hydrogen-bond acceptors (Lipinski definition) is 6. The lowest BCUT2D eigenvalue weighted by atomic mass is 10.1.